The van der Waals surface area contributed by atoms with Gasteiger partial charge in [-0.05, 0) is 24.3 Å². The Hall–Kier alpha value is -2.89. The van der Waals surface area contributed by atoms with Crippen molar-refractivity contribution in [2.24, 2.45) is 0 Å². The summed E-state index contributed by atoms with van der Waals surface area (Å²) in [6.45, 7) is 0. The first-order chi connectivity index (χ1) is 10.2. The topological polar surface area (TPSA) is 80.3 Å². The fourth-order valence-electron chi connectivity index (χ4n) is 2.04. The second kappa shape index (κ2) is 5.62. The predicted octanol–water partition coefficient (Wildman–Crippen LogP) is 1.81. The zero-order valence-corrected chi connectivity index (χ0v) is 11.1. The summed E-state index contributed by atoms with van der Waals surface area (Å²) in [6.07, 6.45) is 2.26. The molecule has 1 aromatic carbocycles. The van der Waals surface area contributed by atoms with Gasteiger partial charge in [-0.25, -0.2) is 0 Å². The van der Waals surface area contributed by atoms with Crippen molar-refractivity contribution in [1.29, 1.82) is 0 Å². The summed E-state index contributed by atoms with van der Waals surface area (Å²) in [5.74, 6) is -0.0613. The molecule has 6 nitrogen and oxygen atoms in total. The number of amides is 2. The van der Waals surface area contributed by atoms with Crippen molar-refractivity contribution in [2.75, 3.05) is 10.6 Å². The molecule has 106 valence electrons. The highest BCUT2D eigenvalue weighted by atomic mass is 16.5. The minimum Gasteiger partial charge on any atom is -0.478 e. The summed E-state index contributed by atoms with van der Waals surface area (Å²) in [4.78, 5) is 27.8. The Bertz CT molecular complexity index is 673. The van der Waals surface area contributed by atoms with Crippen LogP contribution in [0.2, 0.25) is 0 Å². The highest BCUT2D eigenvalue weighted by Gasteiger charge is 2.29. The molecule has 1 aliphatic heterocycles. The second-order valence-electron chi connectivity index (χ2n) is 4.59. The Balaban J connectivity index is 1.65. The number of para-hydroxylation sites is 2. The molecule has 0 fully saturated rings. The third-order valence-corrected chi connectivity index (χ3v) is 3.02. The minimum atomic E-state index is -0.837. The van der Waals surface area contributed by atoms with Crippen molar-refractivity contribution in [3.63, 3.8) is 0 Å². The standard InChI is InChI=1S/C15H13N3O3/c19-14(17-10-4-3-7-16-9-10)8-13-15(20)18-11-5-1-2-6-12(11)21-13/h1-7,9,13H,8H2,(H,17,19)(H,18,20). The SMILES string of the molecule is O=C(CC1Oc2ccccc2NC1=O)Nc1cccnc1. The van der Waals surface area contributed by atoms with Gasteiger partial charge in [0.1, 0.15) is 5.75 Å². The van der Waals surface area contributed by atoms with Gasteiger partial charge in [0.15, 0.2) is 6.10 Å². The van der Waals surface area contributed by atoms with Crippen LogP contribution in [0.25, 0.3) is 0 Å². The number of anilines is 2. The number of nitrogens with one attached hydrogen (secondary N) is 2. The van der Waals surface area contributed by atoms with Crippen LogP contribution in [0.4, 0.5) is 11.4 Å². The van der Waals surface area contributed by atoms with Crippen LogP contribution in [0.3, 0.4) is 0 Å². The lowest BCUT2D eigenvalue weighted by molar-refractivity contribution is -0.128. The van der Waals surface area contributed by atoms with Gasteiger partial charge in [0.05, 0.1) is 24.0 Å². The van der Waals surface area contributed by atoms with Gasteiger partial charge in [-0.1, -0.05) is 12.1 Å². The maximum Gasteiger partial charge on any atom is 0.266 e. The van der Waals surface area contributed by atoms with E-state index in [1.54, 1.807) is 36.5 Å². The zero-order valence-electron chi connectivity index (χ0n) is 11.1. The lowest BCUT2D eigenvalue weighted by Gasteiger charge is -2.25. The molecular weight excluding hydrogens is 270 g/mol. The maximum absolute atomic E-state index is 11.9. The van der Waals surface area contributed by atoms with Gasteiger partial charge in [0, 0.05) is 6.20 Å². The normalized spacial score (nSPS) is 16.4. The molecule has 2 heterocycles. The molecule has 1 aliphatic rings. The maximum atomic E-state index is 11.9. The first-order valence-corrected chi connectivity index (χ1v) is 6.49. The summed E-state index contributed by atoms with van der Waals surface area (Å²) < 4.78 is 5.56. The summed E-state index contributed by atoms with van der Waals surface area (Å²) in [5.41, 5.74) is 1.20. The third kappa shape index (κ3) is 3.00. The van der Waals surface area contributed by atoms with Crippen molar-refractivity contribution < 1.29 is 14.3 Å². The van der Waals surface area contributed by atoms with E-state index in [0.29, 0.717) is 17.1 Å². The van der Waals surface area contributed by atoms with Gasteiger partial charge >= 0.3 is 0 Å². The lowest BCUT2D eigenvalue weighted by atomic mass is 10.1. The number of benzene rings is 1. The molecule has 0 bridgehead atoms. The molecule has 6 heteroatoms. The van der Waals surface area contributed by atoms with Crippen LogP contribution in [0.15, 0.2) is 48.8 Å². The Morgan fingerprint density at radius 3 is 2.95 bits per heavy atom. The van der Waals surface area contributed by atoms with Crippen LogP contribution in [0.1, 0.15) is 6.42 Å². The number of pyridine rings is 1. The van der Waals surface area contributed by atoms with E-state index in [2.05, 4.69) is 15.6 Å². The Labute approximate surface area is 121 Å². The number of fused-ring (bicyclic) bond motifs is 1. The molecule has 1 aromatic heterocycles. The van der Waals surface area contributed by atoms with Gasteiger partial charge in [-0.2, -0.15) is 0 Å². The molecule has 2 aromatic rings. The van der Waals surface area contributed by atoms with Crippen molar-refractivity contribution in [3.05, 3.63) is 48.8 Å². The smallest absolute Gasteiger partial charge is 0.266 e. The molecule has 1 unspecified atom stereocenters. The molecule has 0 spiro atoms. The average Bonchev–Trinajstić information content (AvgIpc) is 2.49. The van der Waals surface area contributed by atoms with E-state index in [0.717, 1.165) is 0 Å². The monoisotopic (exact) mass is 283 g/mol. The second-order valence-corrected chi connectivity index (χ2v) is 4.59. The molecule has 0 saturated heterocycles. The number of nitrogens with zero attached hydrogens (tertiary/aromatic N) is 1. The Morgan fingerprint density at radius 2 is 2.14 bits per heavy atom. The molecule has 0 aliphatic carbocycles. The molecule has 0 radical (unpaired) electrons. The summed E-state index contributed by atoms with van der Waals surface area (Å²) in [6, 6.07) is 10.6. The molecule has 21 heavy (non-hydrogen) atoms. The first kappa shape index (κ1) is 13.1. The quantitative estimate of drug-likeness (QED) is 0.900. The van der Waals surface area contributed by atoms with Crippen molar-refractivity contribution in [3.8, 4) is 5.75 Å². The fourth-order valence-corrected chi connectivity index (χ4v) is 2.04. The first-order valence-electron chi connectivity index (χ1n) is 6.49. The van der Waals surface area contributed by atoms with Gasteiger partial charge in [-0.15, -0.1) is 0 Å². The molecule has 3 rings (SSSR count). The molecular formula is C15H13N3O3. The number of rotatable bonds is 3. The third-order valence-electron chi connectivity index (χ3n) is 3.02. The van der Waals surface area contributed by atoms with Gasteiger partial charge in [-0.3, -0.25) is 14.6 Å². The van der Waals surface area contributed by atoms with Crippen molar-refractivity contribution in [2.45, 2.75) is 12.5 Å². The number of carbonyl (C=O) groups excluding carboxylic acids is 2. The van der Waals surface area contributed by atoms with E-state index in [4.69, 9.17) is 4.74 Å². The Morgan fingerprint density at radius 1 is 1.29 bits per heavy atom. The summed E-state index contributed by atoms with van der Waals surface area (Å²) in [5, 5.41) is 5.40. The van der Waals surface area contributed by atoms with Crippen LogP contribution in [0.5, 0.6) is 5.75 Å². The zero-order chi connectivity index (χ0) is 14.7. The highest BCUT2D eigenvalue weighted by Crippen LogP contribution is 2.29. The molecule has 2 N–H and O–H groups in total. The van der Waals surface area contributed by atoms with Gasteiger partial charge in [0.2, 0.25) is 5.91 Å². The average molecular weight is 283 g/mol. The molecule has 2 amide bonds. The summed E-state index contributed by atoms with van der Waals surface area (Å²) >= 11 is 0. The van der Waals surface area contributed by atoms with Crippen LogP contribution in [-0.2, 0) is 9.59 Å². The van der Waals surface area contributed by atoms with Gasteiger partial charge < -0.3 is 15.4 Å². The van der Waals surface area contributed by atoms with E-state index in [-0.39, 0.29) is 18.2 Å². The largest absolute Gasteiger partial charge is 0.478 e. The van der Waals surface area contributed by atoms with Crippen molar-refractivity contribution in [1.82, 2.24) is 4.98 Å². The van der Waals surface area contributed by atoms with E-state index >= 15 is 0 Å². The molecule has 1 atom stereocenters. The van der Waals surface area contributed by atoms with E-state index < -0.39 is 6.10 Å². The van der Waals surface area contributed by atoms with E-state index in [1.807, 2.05) is 6.07 Å². The van der Waals surface area contributed by atoms with Crippen LogP contribution in [-0.4, -0.2) is 22.9 Å². The highest BCUT2D eigenvalue weighted by molar-refractivity contribution is 6.01. The van der Waals surface area contributed by atoms with E-state index in [1.165, 1.54) is 6.20 Å². The predicted molar refractivity (Wildman–Crippen MR) is 77.0 cm³/mol. The minimum absolute atomic E-state index is 0.0605. The lowest BCUT2D eigenvalue weighted by Crippen LogP contribution is -2.39. The summed E-state index contributed by atoms with van der Waals surface area (Å²) in [7, 11) is 0. The van der Waals surface area contributed by atoms with Crippen LogP contribution < -0.4 is 15.4 Å². The Kier molecular flexibility index (Phi) is 3.51. The number of hydrogen-bond donors (Lipinski definition) is 2. The fraction of sp³-hybridized carbons (Fsp3) is 0.133. The van der Waals surface area contributed by atoms with E-state index in [9.17, 15) is 9.59 Å². The van der Waals surface area contributed by atoms with Crippen LogP contribution in [0, 0.1) is 0 Å². The van der Waals surface area contributed by atoms with Crippen LogP contribution >= 0.6 is 0 Å². The number of ether oxygens (including phenoxy) is 1. The van der Waals surface area contributed by atoms with Gasteiger partial charge in [0.25, 0.3) is 5.91 Å². The number of hydrogen-bond acceptors (Lipinski definition) is 4. The number of aromatic nitrogens is 1. The van der Waals surface area contributed by atoms with Crippen molar-refractivity contribution >= 4 is 23.2 Å². The number of carbonyl (C=O) groups is 2. The molecule has 0 saturated carbocycles.